The summed E-state index contributed by atoms with van der Waals surface area (Å²) >= 11 is 3.01. The zero-order valence-corrected chi connectivity index (χ0v) is 20.4. The van der Waals surface area contributed by atoms with E-state index in [1.54, 1.807) is 12.1 Å². The van der Waals surface area contributed by atoms with E-state index in [2.05, 4.69) is 30.3 Å². The minimum Gasteiger partial charge on any atom is -0.404 e. The van der Waals surface area contributed by atoms with E-state index in [9.17, 15) is 26.5 Å². The normalized spacial score (nSPS) is 14.6. The lowest BCUT2D eigenvalue weighted by molar-refractivity contribution is -0.729. The summed E-state index contributed by atoms with van der Waals surface area (Å²) in [5.74, 6) is -0.802. The second-order valence-electron chi connectivity index (χ2n) is 7.85. The Labute approximate surface area is 203 Å². The van der Waals surface area contributed by atoms with E-state index in [0.717, 1.165) is 49.2 Å². The van der Waals surface area contributed by atoms with Crippen LogP contribution in [-0.4, -0.2) is 49.4 Å². The smallest absolute Gasteiger partial charge is 0.404 e. The SMILES string of the molecule is O=[N+](O)c1ccc2c(c1)CN(CCCCCNS(=O)(=O)c1ccc(Br)cc1OC(F)(F)F)CC2. The van der Waals surface area contributed by atoms with Crippen molar-refractivity contribution in [2.24, 2.45) is 0 Å². The third-order valence-corrected chi connectivity index (χ3v) is 7.36. The average molecular weight is 567 g/mol. The highest BCUT2D eigenvalue weighted by atomic mass is 79.9. The first kappa shape index (κ1) is 26.4. The maximum Gasteiger partial charge on any atom is 0.573 e. The summed E-state index contributed by atoms with van der Waals surface area (Å²) in [5.41, 5.74) is 2.30. The maximum atomic E-state index is 12.6. The lowest BCUT2D eigenvalue weighted by Gasteiger charge is -2.28. The Kier molecular flexibility index (Phi) is 8.55. The monoisotopic (exact) mass is 566 g/mol. The number of nitrogens with zero attached hydrogens (tertiary/aromatic N) is 2. The van der Waals surface area contributed by atoms with Gasteiger partial charge in [0.05, 0.1) is 4.91 Å². The Morgan fingerprint density at radius 2 is 1.88 bits per heavy atom. The molecule has 2 aromatic carbocycles. The molecule has 34 heavy (non-hydrogen) atoms. The fraction of sp³-hybridized carbons (Fsp3) is 0.429. The Morgan fingerprint density at radius 1 is 1.12 bits per heavy atom. The topological polar surface area (TPSA) is 99.0 Å². The van der Waals surface area contributed by atoms with Gasteiger partial charge in [0.2, 0.25) is 10.0 Å². The largest absolute Gasteiger partial charge is 0.573 e. The van der Waals surface area contributed by atoms with Gasteiger partial charge in [-0.05, 0) is 55.1 Å². The summed E-state index contributed by atoms with van der Waals surface area (Å²) in [4.78, 5) is 12.6. The molecule has 0 bridgehead atoms. The molecule has 0 saturated heterocycles. The van der Waals surface area contributed by atoms with Gasteiger partial charge < -0.3 is 4.74 Å². The van der Waals surface area contributed by atoms with E-state index in [-0.39, 0.29) is 21.6 Å². The fourth-order valence-corrected chi connectivity index (χ4v) is 5.26. The van der Waals surface area contributed by atoms with E-state index in [0.29, 0.717) is 19.4 Å². The van der Waals surface area contributed by atoms with Crippen LogP contribution in [0, 0.1) is 4.91 Å². The third-order valence-electron chi connectivity index (χ3n) is 5.37. The number of hydrogen-bond donors (Lipinski definition) is 2. The fourth-order valence-electron chi connectivity index (χ4n) is 3.74. The van der Waals surface area contributed by atoms with E-state index in [4.69, 9.17) is 5.21 Å². The number of fused-ring (bicyclic) bond motifs is 1. The van der Waals surface area contributed by atoms with Crippen LogP contribution in [0.25, 0.3) is 0 Å². The number of unbranched alkanes of at least 4 members (excludes halogenated alkanes) is 2. The quantitative estimate of drug-likeness (QED) is 0.321. The van der Waals surface area contributed by atoms with Crippen LogP contribution in [0.15, 0.2) is 45.8 Å². The second-order valence-corrected chi connectivity index (χ2v) is 10.5. The standard InChI is InChI=1S/C21H24BrF3N3O5S/c22-17-5-7-20(19(13-17)33-21(23,24)25)34(31,32)26-9-2-1-3-10-27-11-8-15-4-6-18(28(29)30)12-16(15)14-27/h4-7,12-13,26H,1-3,8-11,14H2,(H,29,30)/q+1. The number of rotatable bonds is 10. The van der Waals surface area contributed by atoms with Crippen molar-refractivity contribution in [2.75, 3.05) is 19.6 Å². The van der Waals surface area contributed by atoms with Gasteiger partial charge in [-0.15, -0.1) is 13.2 Å². The summed E-state index contributed by atoms with van der Waals surface area (Å²) in [5, 5.41) is 9.08. The predicted octanol–water partition coefficient (Wildman–Crippen LogP) is 4.65. The van der Waals surface area contributed by atoms with E-state index in [1.807, 2.05) is 6.07 Å². The molecule has 0 saturated carbocycles. The molecular formula is C21H24BrF3N3O5S+. The Bertz CT molecular complexity index is 1140. The highest BCUT2D eigenvalue weighted by molar-refractivity contribution is 9.10. The minimum absolute atomic E-state index is 0.0753. The van der Waals surface area contributed by atoms with Crippen LogP contribution in [0.4, 0.5) is 18.9 Å². The van der Waals surface area contributed by atoms with Crippen molar-refractivity contribution in [3.05, 3.63) is 56.9 Å². The van der Waals surface area contributed by atoms with Crippen LogP contribution in [0.2, 0.25) is 0 Å². The van der Waals surface area contributed by atoms with Crippen LogP contribution >= 0.6 is 15.9 Å². The Hall–Kier alpha value is -2.22. The van der Waals surface area contributed by atoms with Gasteiger partial charge in [0.25, 0.3) is 4.92 Å². The van der Waals surface area contributed by atoms with Crippen molar-refractivity contribution in [1.29, 1.82) is 0 Å². The maximum absolute atomic E-state index is 12.6. The van der Waals surface area contributed by atoms with E-state index >= 15 is 0 Å². The van der Waals surface area contributed by atoms with Crippen LogP contribution in [0.3, 0.4) is 0 Å². The second kappa shape index (κ2) is 11.0. The van der Waals surface area contributed by atoms with Gasteiger partial charge in [0.15, 0.2) is 5.75 Å². The molecule has 2 N–H and O–H groups in total. The first-order valence-corrected chi connectivity index (χ1v) is 12.8. The summed E-state index contributed by atoms with van der Waals surface area (Å²) in [6.07, 6.45) is -2.17. The number of halogens is 4. The lowest BCUT2D eigenvalue weighted by Crippen LogP contribution is -2.31. The van der Waals surface area contributed by atoms with Gasteiger partial charge in [-0.3, -0.25) is 4.90 Å². The van der Waals surface area contributed by atoms with Gasteiger partial charge >= 0.3 is 12.0 Å². The average Bonchev–Trinajstić information content (AvgIpc) is 2.74. The van der Waals surface area contributed by atoms with Gasteiger partial charge in [-0.25, -0.2) is 18.3 Å². The molecule has 0 radical (unpaired) electrons. The summed E-state index contributed by atoms with van der Waals surface area (Å²) in [7, 11) is -4.19. The molecule has 0 aromatic heterocycles. The molecule has 13 heteroatoms. The molecule has 0 atom stereocenters. The van der Waals surface area contributed by atoms with Crippen molar-refractivity contribution < 1.29 is 36.5 Å². The first-order valence-electron chi connectivity index (χ1n) is 10.5. The molecule has 8 nitrogen and oxygen atoms in total. The van der Waals surface area contributed by atoms with Crippen LogP contribution in [-0.2, 0) is 23.0 Å². The van der Waals surface area contributed by atoms with Gasteiger partial charge in [-0.2, -0.15) is 0 Å². The highest BCUT2D eigenvalue weighted by Crippen LogP contribution is 2.32. The van der Waals surface area contributed by atoms with E-state index < -0.39 is 27.0 Å². The zero-order chi connectivity index (χ0) is 24.9. The number of alkyl halides is 3. The molecular weight excluding hydrogens is 543 g/mol. The molecule has 1 heterocycles. The predicted molar refractivity (Wildman–Crippen MR) is 120 cm³/mol. The molecule has 3 rings (SSSR count). The number of ether oxygens (including phenoxy) is 1. The number of nitrogens with one attached hydrogen (secondary N) is 1. The van der Waals surface area contributed by atoms with Crippen molar-refractivity contribution in [1.82, 2.24) is 9.62 Å². The Balaban J connectivity index is 1.46. The molecule has 0 spiro atoms. The van der Waals surface area contributed by atoms with Crippen molar-refractivity contribution in [2.45, 2.75) is 43.5 Å². The van der Waals surface area contributed by atoms with Gasteiger partial charge in [-0.1, -0.05) is 28.4 Å². The molecule has 1 aliphatic heterocycles. The molecule has 2 aromatic rings. The highest BCUT2D eigenvalue weighted by Gasteiger charge is 2.34. The summed E-state index contributed by atoms with van der Waals surface area (Å²) in [6.45, 7) is 2.35. The van der Waals surface area contributed by atoms with Crippen LogP contribution < -0.4 is 9.46 Å². The molecule has 0 amide bonds. The molecule has 0 aliphatic carbocycles. The van der Waals surface area contributed by atoms with Crippen molar-refractivity contribution in [3.63, 3.8) is 0 Å². The van der Waals surface area contributed by atoms with Crippen LogP contribution in [0.5, 0.6) is 5.75 Å². The van der Waals surface area contributed by atoms with Crippen molar-refractivity contribution in [3.8, 4) is 5.75 Å². The Morgan fingerprint density at radius 3 is 2.59 bits per heavy atom. The van der Waals surface area contributed by atoms with Crippen molar-refractivity contribution >= 4 is 31.6 Å². The molecule has 1 aliphatic rings. The van der Waals surface area contributed by atoms with E-state index in [1.165, 1.54) is 6.07 Å². The number of hydrogen-bond acceptors (Lipinski definition) is 5. The number of benzene rings is 2. The molecule has 0 fully saturated rings. The summed E-state index contributed by atoms with van der Waals surface area (Å²) in [6, 6.07) is 8.42. The first-order chi connectivity index (χ1) is 15.9. The minimum atomic E-state index is -5.02. The zero-order valence-electron chi connectivity index (χ0n) is 18.0. The van der Waals surface area contributed by atoms with Crippen LogP contribution in [0.1, 0.15) is 30.4 Å². The lowest BCUT2D eigenvalue weighted by atomic mass is 9.99. The molecule has 0 unspecified atom stereocenters. The molecule has 186 valence electrons. The summed E-state index contributed by atoms with van der Waals surface area (Å²) < 4.78 is 69.4. The third kappa shape index (κ3) is 7.39. The van der Waals surface area contributed by atoms with Gasteiger partial charge in [0, 0.05) is 36.2 Å². The van der Waals surface area contributed by atoms with Gasteiger partial charge in [0.1, 0.15) is 4.90 Å². The number of sulfonamides is 1.